The van der Waals surface area contributed by atoms with E-state index < -0.39 is 0 Å². The zero-order valence-electron chi connectivity index (χ0n) is 7.48. The van der Waals surface area contributed by atoms with Gasteiger partial charge in [-0.3, -0.25) is 0 Å². The van der Waals surface area contributed by atoms with Crippen LogP contribution in [0.2, 0.25) is 0 Å². The summed E-state index contributed by atoms with van der Waals surface area (Å²) >= 11 is 0. The highest BCUT2D eigenvalue weighted by Crippen LogP contribution is 2.28. The molecule has 1 aliphatic rings. The van der Waals surface area contributed by atoms with Crippen LogP contribution in [0.5, 0.6) is 5.75 Å². The van der Waals surface area contributed by atoms with Gasteiger partial charge in [0, 0.05) is 6.61 Å². The SMILES string of the molecule is [B](OCC1CC1)Oc1ccccc1. The maximum atomic E-state index is 5.24. The van der Waals surface area contributed by atoms with E-state index in [1.165, 1.54) is 20.5 Å². The number of hydrogen-bond donors (Lipinski definition) is 0. The summed E-state index contributed by atoms with van der Waals surface area (Å²) in [6.07, 6.45) is 2.61. The lowest BCUT2D eigenvalue weighted by atomic mass is 10.3. The lowest BCUT2D eigenvalue weighted by molar-refractivity contribution is 0.274. The molecule has 67 valence electrons. The Bertz CT molecular complexity index is 246. The van der Waals surface area contributed by atoms with Gasteiger partial charge in [0.15, 0.2) is 0 Å². The molecule has 1 saturated carbocycles. The molecular formula is C10H12BO2. The van der Waals surface area contributed by atoms with Crippen LogP contribution in [0.4, 0.5) is 0 Å². The van der Waals surface area contributed by atoms with Crippen molar-refractivity contribution >= 4 is 7.69 Å². The summed E-state index contributed by atoms with van der Waals surface area (Å²) in [5.41, 5.74) is 0. The quantitative estimate of drug-likeness (QED) is 0.503. The van der Waals surface area contributed by atoms with E-state index in [0.717, 1.165) is 18.3 Å². The molecule has 0 spiro atoms. The summed E-state index contributed by atoms with van der Waals surface area (Å²) in [6, 6.07) is 9.63. The topological polar surface area (TPSA) is 18.5 Å². The molecule has 2 nitrogen and oxygen atoms in total. The van der Waals surface area contributed by atoms with Gasteiger partial charge in [0.1, 0.15) is 0 Å². The van der Waals surface area contributed by atoms with Crippen molar-refractivity contribution in [2.24, 2.45) is 5.92 Å². The van der Waals surface area contributed by atoms with Gasteiger partial charge in [0.2, 0.25) is 0 Å². The average molecular weight is 175 g/mol. The fourth-order valence-electron chi connectivity index (χ4n) is 1.05. The van der Waals surface area contributed by atoms with Crippen LogP contribution >= 0.6 is 0 Å². The summed E-state index contributed by atoms with van der Waals surface area (Å²) in [4.78, 5) is 0. The highest BCUT2D eigenvalue weighted by molar-refractivity contribution is 6.19. The van der Waals surface area contributed by atoms with E-state index in [1.807, 2.05) is 30.3 Å². The largest absolute Gasteiger partial charge is 0.572 e. The minimum Gasteiger partial charge on any atom is -0.537 e. The molecule has 0 heterocycles. The Morgan fingerprint density at radius 1 is 1.23 bits per heavy atom. The molecular weight excluding hydrogens is 163 g/mol. The highest BCUT2D eigenvalue weighted by Gasteiger charge is 2.21. The fraction of sp³-hybridized carbons (Fsp3) is 0.400. The van der Waals surface area contributed by atoms with Crippen molar-refractivity contribution in [1.29, 1.82) is 0 Å². The molecule has 0 unspecified atom stereocenters. The van der Waals surface area contributed by atoms with Crippen molar-refractivity contribution in [1.82, 2.24) is 0 Å². The maximum absolute atomic E-state index is 5.24. The summed E-state index contributed by atoms with van der Waals surface area (Å²) in [5, 5.41) is 0. The van der Waals surface area contributed by atoms with Crippen LogP contribution in [0, 0.1) is 5.92 Å². The van der Waals surface area contributed by atoms with E-state index in [4.69, 9.17) is 9.31 Å². The fourth-order valence-corrected chi connectivity index (χ4v) is 1.05. The standard InChI is InChI=1S/C10H12BO2/c1-2-4-10(5-3-1)13-11-12-8-9-6-7-9/h1-5,9H,6-8H2. The molecule has 3 heteroatoms. The maximum Gasteiger partial charge on any atom is 0.572 e. The van der Waals surface area contributed by atoms with Crippen molar-refractivity contribution < 1.29 is 9.31 Å². The molecule has 0 bridgehead atoms. The van der Waals surface area contributed by atoms with Crippen molar-refractivity contribution in [2.45, 2.75) is 12.8 Å². The van der Waals surface area contributed by atoms with Gasteiger partial charge >= 0.3 is 7.69 Å². The predicted octanol–water partition coefficient (Wildman–Crippen LogP) is 2.03. The number of rotatable bonds is 5. The van der Waals surface area contributed by atoms with E-state index in [2.05, 4.69) is 0 Å². The van der Waals surface area contributed by atoms with Crippen LogP contribution in [0.15, 0.2) is 30.3 Å². The Morgan fingerprint density at radius 3 is 2.69 bits per heavy atom. The third kappa shape index (κ3) is 3.11. The Labute approximate surface area is 79.2 Å². The first kappa shape index (κ1) is 8.63. The van der Waals surface area contributed by atoms with E-state index in [9.17, 15) is 0 Å². The smallest absolute Gasteiger partial charge is 0.537 e. The van der Waals surface area contributed by atoms with E-state index in [0.29, 0.717) is 0 Å². The molecule has 0 aromatic heterocycles. The van der Waals surface area contributed by atoms with Crippen molar-refractivity contribution in [3.05, 3.63) is 30.3 Å². The zero-order chi connectivity index (χ0) is 8.93. The normalized spacial score (nSPS) is 15.4. The second kappa shape index (κ2) is 4.33. The van der Waals surface area contributed by atoms with Gasteiger partial charge in [-0.15, -0.1) is 0 Å². The second-order valence-electron chi connectivity index (χ2n) is 3.30. The molecule has 2 rings (SSSR count). The first-order chi connectivity index (χ1) is 6.45. The summed E-state index contributed by atoms with van der Waals surface area (Å²) < 4.78 is 10.5. The Kier molecular flexibility index (Phi) is 2.88. The van der Waals surface area contributed by atoms with Crippen LogP contribution in [-0.2, 0) is 4.65 Å². The molecule has 13 heavy (non-hydrogen) atoms. The molecule has 1 aliphatic carbocycles. The van der Waals surface area contributed by atoms with Gasteiger partial charge in [0.05, 0.1) is 5.75 Å². The molecule has 0 amide bonds. The minimum atomic E-state index is 0.774. The zero-order valence-corrected chi connectivity index (χ0v) is 7.48. The molecule has 0 N–H and O–H groups in total. The van der Waals surface area contributed by atoms with Crippen LogP contribution < -0.4 is 4.65 Å². The second-order valence-corrected chi connectivity index (χ2v) is 3.30. The molecule has 1 fully saturated rings. The summed E-state index contributed by atoms with van der Waals surface area (Å²) in [5.74, 6) is 1.59. The van der Waals surface area contributed by atoms with E-state index >= 15 is 0 Å². The monoisotopic (exact) mass is 175 g/mol. The number of hydrogen-bond acceptors (Lipinski definition) is 2. The Hall–Kier alpha value is -0.955. The van der Waals surface area contributed by atoms with Gasteiger partial charge in [0.25, 0.3) is 0 Å². The van der Waals surface area contributed by atoms with Crippen LogP contribution in [0.3, 0.4) is 0 Å². The third-order valence-electron chi connectivity index (χ3n) is 2.02. The van der Waals surface area contributed by atoms with Gasteiger partial charge in [-0.25, -0.2) is 0 Å². The first-order valence-corrected chi connectivity index (χ1v) is 4.60. The third-order valence-corrected chi connectivity index (χ3v) is 2.02. The molecule has 1 aromatic rings. The minimum absolute atomic E-state index is 0.774. The molecule has 0 saturated heterocycles. The van der Waals surface area contributed by atoms with E-state index in [1.54, 1.807) is 0 Å². The van der Waals surface area contributed by atoms with Crippen LogP contribution in [0.1, 0.15) is 12.8 Å². The Morgan fingerprint density at radius 2 is 2.00 bits per heavy atom. The van der Waals surface area contributed by atoms with Gasteiger partial charge in [-0.1, -0.05) is 18.2 Å². The summed E-state index contributed by atoms with van der Waals surface area (Å²) in [7, 11) is 1.42. The lowest BCUT2D eigenvalue weighted by Crippen LogP contribution is -2.09. The Balaban J connectivity index is 1.61. The lowest BCUT2D eigenvalue weighted by Gasteiger charge is -2.03. The first-order valence-electron chi connectivity index (χ1n) is 4.60. The molecule has 1 aromatic carbocycles. The van der Waals surface area contributed by atoms with Gasteiger partial charge < -0.3 is 9.31 Å². The molecule has 0 aliphatic heterocycles. The van der Waals surface area contributed by atoms with Crippen molar-refractivity contribution in [3.63, 3.8) is 0 Å². The van der Waals surface area contributed by atoms with Crippen LogP contribution in [-0.4, -0.2) is 14.3 Å². The van der Waals surface area contributed by atoms with Gasteiger partial charge in [-0.05, 0) is 30.9 Å². The highest BCUT2D eigenvalue weighted by atomic mass is 16.6. The molecule has 1 radical (unpaired) electrons. The number of benzene rings is 1. The van der Waals surface area contributed by atoms with E-state index in [-0.39, 0.29) is 0 Å². The summed E-state index contributed by atoms with van der Waals surface area (Å²) in [6.45, 7) is 0.798. The van der Waals surface area contributed by atoms with Gasteiger partial charge in [-0.2, -0.15) is 0 Å². The average Bonchev–Trinajstić information content (AvgIpc) is 2.98. The van der Waals surface area contributed by atoms with Crippen molar-refractivity contribution in [3.8, 4) is 5.75 Å². The molecule has 0 atom stereocenters. The predicted molar refractivity (Wildman–Crippen MR) is 51.5 cm³/mol. The van der Waals surface area contributed by atoms with Crippen LogP contribution in [0.25, 0.3) is 0 Å². The van der Waals surface area contributed by atoms with Crippen molar-refractivity contribution in [2.75, 3.05) is 6.61 Å². The number of para-hydroxylation sites is 1.